The van der Waals surface area contributed by atoms with Crippen molar-refractivity contribution in [3.8, 4) is 0 Å². The summed E-state index contributed by atoms with van der Waals surface area (Å²) in [5, 5.41) is 2.87. The molecule has 86 valence electrons. The minimum atomic E-state index is -2.31. The molecule has 1 unspecified atom stereocenters. The third-order valence-corrected chi connectivity index (χ3v) is 3.66. The van der Waals surface area contributed by atoms with Crippen LogP contribution in [-0.4, -0.2) is 19.0 Å². The quantitative estimate of drug-likeness (QED) is 0.844. The highest BCUT2D eigenvalue weighted by atomic mass is 79.9. The SMILES string of the molecule is CCCNC(Cc1ccc(Br)s1)C(F)F. The predicted octanol–water partition coefficient (Wildman–Crippen LogP) is 3.69. The monoisotopic (exact) mass is 297 g/mol. The van der Waals surface area contributed by atoms with Crippen LogP contribution in [0.15, 0.2) is 15.9 Å². The zero-order valence-corrected chi connectivity index (χ0v) is 10.9. The lowest BCUT2D eigenvalue weighted by Gasteiger charge is -2.16. The number of rotatable bonds is 6. The van der Waals surface area contributed by atoms with Crippen LogP contribution in [0.1, 0.15) is 18.2 Å². The zero-order valence-electron chi connectivity index (χ0n) is 8.47. The molecule has 0 saturated carbocycles. The first-order chi connectivity index (χ1) is 7.13. The van der Waals surface area contributed by atoms with E-state index in [4.69, 9.17) is 0 Å². The first-order valence-electron chi connectivity index (χ1n) is 4.89. The lowest BCUT2D eigenvalue weighted by atomic mass is 10.2. The number of nitrogens with one attached hydrogen (secondary N) is 1. The molecule has 5 heteroatoms. The van der Waals surface area contributed by atoms with Crippen LogP contribution in [-0.2, 0) is 6.42 Å². The highest BCUT2D eigenvalue weighted by Crippen LogP contribution is 2.24. The van der Waals surface area contributed by atoms with Crippen molar-refractivity contribution in [1.82, 2.24) is 5.32 Å². The van der Waals surface area contributed by atoms with E-state index in [0.717, 1.165) is 15.1 Å². The molecular weight excluding hydrogens is 284 g/mol. The largest absolute Gasteiger partial charge is 0.309 e. The van der Waals surface area contributed by atoms with Gasteiger partial charge in [0.2, 0.25) is 0 Å². The average molecular weight is 298 g/mol. The van der Waals surface area contributed by atoms with Crippen molar-refractivity contribution in [2.45, 2.75) is 32.2 Å². The second-order valence-corrected chi connectivity index (χ2v) is 5.85. The zero-order chi connectivity index (χ0) is 11.3. The molecule has 1 heterocycles. The molecule has 0 bridgehead atoms. The summed E-state index contributed by atoms with van der Waals surface area (Å²) in [6.45, 7) is 2.61. The number of thiophene rings is 1. The van der Waals surface area contributed by atoms with Crippen LogP contribution < -0.4 is 5.32 Å². The topological polar surface area (TPSA) is 12.0 Å². The standard InChI is InChI=1S/C10H14BrF2NS/c1-2-5-14-8(10(12)13)6-7-3-4-9(11)15-7/h3-4,8,10,14H,2,5-6H2,1H3. The minimum absolute atomic E-state index is 0.397. The Morgan fingerprint density at radius 1 is 1.47 bits per heavy atom. The van der Waals surface area contributed by atoms with Crippen molar-refractivity contribution < 1.29 is 8.78 Å². The maximum atomic E-state index is 12.6. The van der Waals surface area contributed by atoms with Crippen molar-refractivity contribution in [1.29, 1.82) is 0 Å². The fraction of sp³-hybridized carbons (Fsp3) is 0.600. The molecule has 0 aliphatic carbocycles. The summed E-state index contributed by atoms with van der Waals surface area (Å²) in [5.41, 5.74) is 0. The van der Waals surface area contributed by atoms with Gasteiger partial charge >= 0.3 is 0 Å². The molecule has 0 radical (unpaired) electrons. The Balaban J connectivity index is 2.50. The summed E-state index contributed by atoms with van der Waals surface area (Å²) in [6.07, 6.45) is -1.04. The molecular formula is C10H14BrF2NS. The molecule has 1 aromatic heterocycles. The number of halogens is 3. The number of hydrogen-bond acceptors (Lipinski definition) is 2. The van der Waals surface area contributed by atoms with Gasteiger partial charge in [0, 0.05) is 11.3 Å². The van der Waals surface area contributed by atoms with Crippen LogP contribution in [0.5, 0.6) is 0 Å². The Hall–Kier alpha value is -0.0000000000000000833. The molecule has 0 saturated heterocycles. The third kappa shape index (κ3) is 4.57. The summed E-state index contributed by atoms with van der Waals surface area (Å²) in [7, 11) is 0. The smallest absolute Gasteiger partial charge is 0.254 e. The summed E-state index contributed by atoms with van der Waals surface area (Å²) in [4.78, 5) is 0.982. The van der Waals surface area contributed by atoms with Gasteiger partial charge in [-0.1, -0.05) is 6.92 Å². The third-order valence-electron chi connectivity index (χ3n) is 2.01. The second kappa shape index (κ2) is 6.55. The Bertz CT molecular complexity index is 291. The van der Waals surface area contributed by atoms with Gasteiger partial charge < -0.3 is 5.32 Å². The maximum Gasteiger partial charge on any atom is 0.254 e. The molecule has 1 N–H and O–H groups in total. The summed E-state index contributed by atoms with van der Waals surface area (Å²) < 4.78 is 26.3. The van der Waals surface area contributed by atoms with Gasteiger partial charge in [0.15, 0.2) is 0 Å². The highest BCUT2D eigenvalue weighted by Gasteiger charge is 2.20. The normalized spacial score (nSPS) is 13.4. The molecule has 1 aromatic rings. The van der Waals surface area contributed by atoms with Gasteiger partial charge in [-0.3, -0.25) is 0 Å². The molecule has 0 fully saturated rings. The summed E-state index contributed by atoms with van der Waals surface area (Å²) in [6, 6.07) is 3.05. The summed E-state index contributed by atoms with van der Waals surface area (Å²) >= 11 is 4.83. The Labute approximate surface area is 101 Å². The van der Waals surface area contributed by atoms with Gasteiger partial charge in [-0.15, -0.1) is 11.3 Å². The van der Waals surface area contributed by atoms with E-state index in [1.807, 2.05) is 19.1 Å². The molecule has 1 nitrogen and oxygen atoms in total. The van der Waals surface area contributed by atoms with Crippen LogP contribution >= 0.6 is 27.3 Å². The Kier molecular flexibility index (Phi) is 5.71. The average Bonchev–Trinajstić information content (AvgIpc) is 2.58. The number of hydrogen-bond donors (Lipinski definition) is 1. The Morgan fingerprint density at radius 2 is 2.20 bits per heavy atom. The molecule has 1 rings (SSSR count). The van der Waals surface area contributed by atoms with E-state index in [1.54, 1.807) is 0 Å². The molecule has 0 aromatic carbocycles. The van der Waals surface area contributed by atoms with Crippen molar-refractivity contribution >= 4 is 27.3 Å². The lowest BCUT2D eigenvalue weighted by molar-refractivity contribution is 0.0986. The molecule has 0 aliphatic heterocycles. The minimum Gasteiger partial charge on any atom is -0.309 e. The van der Waals surface area contributed by atoms with Crippen molar-refractivity contribution in [2.24, 2.45) is 0 Å². The van der Waals surface area contributed by atoms with E-state index >= 15 is 0 Å². The van der Waals surface area contributed by atoms with E-state index in [-0.39, 0.29) is 0 Å². The van der Waals surface area contributed by atoms with Gasteiger partial charge in [0.25, 0.3) is 6.43 Å². The van der Waals surface area contributed by atoms with Gasteiger partial charge in [-0.25, -0.2) is 8.78 Å². The summed E-state index contributed by atoms with van der Waals surface area (Å²) in [5.74, 6) is 0. The lowest BCUT2D eigenvalue weighted by Crippen LogP contribution is -2.37. The van der Waals surface area contributed by atoms with Crippen LogP contribution in [0.2, 0.25) is 0 Å². The fourth-order valence-electron chi connectivity index (χ4n) is 1.26. The van der Waals surface area contributed by atoms with Crippen LogP contribution in [0.4, 0.5) is 8.78 Å². The van der Waals surface area contributed by atoms with E-state index in [2.05, 4.69) is 21.2 Å². The molecule has 15 heavy (non-hydrogen) atoms. The second-order valence-electron chi connectivity index (χ2n) is 3.31. The predicted molar refractivity (Wildman–Crippen MR) is 63.8 cm³/mol. The van der Waals surface area contributed by atoms with Crippen LogP contribution in [0, 0.1) is 0 Å². The fourth-order valence-corrected chi connectivity index (χ4v) is 2.80. The van der Waals surface area contributed by atoms with Gasteiger partial charge in [-0.2, -0.15) is 0 Å². The number of alkyl halides is 2. The van der Waals surface area contributed by atoms with E-state index < -0.39 is 12.5 Å². The van der Waals surface area contributed by atoms with Crippen molar-refractivity contribution in [3.63, 3.8) is 0 Å². The van der Waals surface area contributed by atoms with Gasteiger partial charge in [0.1, 0.15) is 0 Å². The molecule has 0 amide bonds. The maximum absolute atomic E-state index is 12.6. The van der Waals surface area contributed by atoms with Crippen molar-refractivity contribution in [3.05, 3.63) is 20.8 Å². The first-order valence-corrected chi connectivity index (χ1v) is 6.50. The van der Waals surface area contributed by atoms with Crippen LogP contribution in [0.3, 0.4) is 0 Å². The Morgan fingerprint density at radius 3 is 2.67 bits per heavy atom. The van der Waals surface area contributed by atoms with Crippen LogP contribution in [0.25, 0.3) is 0 Å². The van der Waals surface area contributed by atoms with Gasteiger partial charge in [0.05, 0.1) is 9.83 Å². The molecule has 0 spiro atoms. The van der Waals surface area contributed by atoms with E-state index in [1.165, 1.54) is 11.3 Å². The van der Waals surface area contributed by atoms with E-state index in [0.29, 0.717) is 13.0 Å². The molecule has 0 aliphatic rings. The first kappa shape index (κ1) is 13.1. The van der Waals surface area contributed by atoms with E-state index in [9.17, 15) is 8.78 Å². The highest BCUT2D eigenvalue weighted by molar-refractivity contribution is 9.11. The van der Waals surface area contributed by atoms with Crippen molar-refractivity contribution in [2.75, 3.05) is 6.54 Å². The molecule has 1 atom stereocenters. The van der Waals surface area contributed by atoms with Gasteiger partial charge in [-0.05, 0) is 41.0 Å².